The summed E-state index contributed by atoms with van der Waals surface area (Å²) < 4.78 is 6.87. The molecule has 2 atom stereocenters. The summed E-state index contributed by atoms with van der Waals surface area (Å²) in [7, 11) is 0. The van der Waals surface area contributed by atoms with E-state index in [2.05, 4.69) is 10.2 Å². The molecule has 9 heteroatoms. The maximum absolute atomic E-state index is 13.8. The van der Waals surface area contributed by atoms with Crippen molar-refractivity contribution in [3.05, 3.63) is 48.2 Å². The number of nitrogens with one attached hydrogen (secondary N) is 2. The molecule has 4 heterocycles. The second kappa shape index (κ2) is 10.5. The van der Waals surface area contributed by atoms with Crippen molar-refractivity contribution in [2.75, 3.05) is 50.8 Å². The number of ether oxygens (including phenoxy) is 1. The van der Waals surface area contributed by atoms with Crippen molar-refractivity contribution in [3.8, 4) is 0 Å². The van der Waals surface area contributed by atoms with Gasteiger partial charge in [-0.25, -0.2) is 4.79 Å². The van der Waals surface area contributed by atoms with Crippen LogP contribution in [0.1, 0.15) is 25.3 Å². The van der Waals surface area contributed by atoms with Crippen molar-refractivity contribution < 1.29 is 23.9 Å². The molecule has 1 unspecified atom stereocenters. The van der Waals surface area contributed by atoms with Gasteiger partial charge < -0.3 is 19.6 Å². The number of nitrogens with zero attached hydrogens (tertiary/aromatic N) is 2. The average Bonchev–Trinajstić information content (AvgIpc) is 2.85. The van der Waals surface area contributed by atoms with Crippen molar-refractivity contribution in [2.45, 2.75) is 31.4 Å². The highest BCUT2D eigenvalue weighted by atomic mass is 32.2. The van der Waals surface area contributed by atoms with Crippen LogP contribution in [0.2, 0.25) is 0 Å². The Balaban J connectivity index is 1.49. The highest BCUT2D eigenvalue weighted by molar-refractivity contribution is 7.99. The Morgan fingerprint density at radius 1 is 1.26 bits per heavy atom. The first-order valence-electron chi connectivity index (χ1n) is 12.0. The van der Waals surface area contributed by atoms with E-state index in [1.807, 2.05) is 49.0 Å². The molecule has 5 rings (SSSR count). The van der Waals surface area contributed by atoms with Gasteiger partial charge in [-0.05, 0) is 12.5 Å². The van der Waals surface area contributed by atoms with Crippen molar-refractivity contribution in [3.63, 3.8) is 0 Å². The first-order valence-corrected chi connectivity index (χ1v) is 13.2. The summed E-state index contributed by atoms with van der Waals surface area (Å²) in [5.74, 6) is 1.71. The number of fused-ring (bicyclic) bond motifs is 3. The number of carbonyl (C=O) groups excluding carboxylic acids is 2. The largest absolute Gasteiger partial charge is 0.515 e. The molecule has 184 valence electrons. The number of hydrogen-bond donors (Lipinski definition) is 3. The van der Waals surface area contributed by atoms with Crippen molar-refractivity contribution in [2.24, 2.45) is 5.92 Å². The molecule has 0 aromatic heterocycles. The molecule has 8 nitrogen and oxygen atoms in total. The molecule has 4 fully saturated rings. The monoisotopic (exact) mass is 487 g/mol. The fourth-order valence-electron chi connectivity index (χ4n) is 5.64. The summed E-state index contributed by atoms with van der Waals surface area (Å²) in [5.41, 5.74) is 0.106. The highest BCUT2D eigenvalue weighted by Gasteiger charge is 2.51. The lowest BCUT2D eigenvalue weighted by Gasteiger charge is -2.52. The third kappa shape index (κ3) is 5.16. The van der Waals surface area contributed by atoms with Crippen LogP contribution in [0.5, 0.6) is 0 Å². The molecular weight excluding hydrogens is 452 g/mol. The van der Waals surface area contributed by atoms with Gasteiger partial charge in [0.15, 0.2) is 12.6 Å². The number of rotatable bonds is 7. The van der Waals surface area contributed by atoms with E-state index in [9.17, 15) is 9.59 Å². The van der Waals surface area contributed by atoms with Gasteiger partial charge >= 0.3 is 5.97 Å². The van der Waals surface area contributed by atoms with Crippen LogP contribution < -0.4 is 5.32 Å². The first-order chi connectivity index (χ1) is 16.4. The van der Waals surface area contributed by atoms with Gasteiger partial charge in [-0.15, -0.1) is 0 Å². The number of amidine groups is 1. The number of hydrogen-bond acceptors (Lipinski definition) is 7. The SMILES string of the molecule is CC(C(=O)O[C@H]1C[N+]2(CC(=O)NC(=N)/C=C\O)CCC1CC2)(c1ccccc1)N1CCSCC1. The molecule has 1 aromatic rings. The first kappa shape index (κ1) is 24.8. The van der Waals surface area contributed by atoms with Crippen molar-refractivity contribution in [1.82, 2.24) is 10.2 Å². The molecular formula is C25H35N4O4S+. The lowest BCUT2D eigenvalue weighted by atomic mass is 9.82. The fraction of sp³-hybridized carbons (Fsp3) is 0.560. The minimum absolute atomic E-state index is 0.140. The lowest BCUT2D eigenvalue weighted by Crippen LogP contribution is -2.67. The maximum atomic E-state index is 13.8. The van der Waals surface area contributed by atoms with Crippen LogP contribution in [0, 0.1) is 11.3 Å². The molecule has 1 amide bonds. The third-order valence-corrected chi connectivity index (χ3v) is 8.61. The quantitative estimate of drug-likeness (QED) is 0.179. The van der Waals surface area contributed by atoms with Crippen LogP contribution in [0.15, 0.2) is 42.7 Å². The van der Waals surface area contributed by atoms with E-state index in [-0.39, 0.29) is 30.4 Å². The predicted octanol–water partition coefficient (Wildman–Crippen LogP) is 2.27. The van der Waals surface area contributed by atoms with Gasteiger partial charge in [0, 0.05) is 49.4 Å². The van der Waals surface area contributed by atoms with Gasteiger partial charge in [-0.2, -0.15) is 11.8 Å². The normalized spacial score (nSPS) is 28.9. The Hall–Kier alpha value is -2.36. The van der Waals surface area contributed by atoms with E-state index in [4.69, 9.17) is 15.3 Å². The van der Waals surface area contributed by atoms with Crippen LogP contribution in [0.3, 0.4) is 0 Å². The molecule has 0 aliphatic carbocycles. The molecule has 2 bridgehead atoms. The molecule has 4 aliphatic heterocycles. The Bertz CT molecular complexity index is 926. The molecule has 0 saturated carbocycles. The van der Waals surface area contributed by atoms with Crippen LogP contribution in [0.25, 0.3) is 0 Å². The van der Waals surface area contributed by atoms with Crippen LogP contribution in [0.4, 0.5) is 0 Å². The standard InChI is InChI=1S/C25H34N4O4S/c1-25(20-5-3-2-4-6-20,28-10-15-34-16-11-28)24(32)33-21-17-29(12-7-19(21)8-13-29)18-23(31)27-22(26)9-14-30/h2-6,9,14,19,21H,7-8,10-13,15-18H2,1H3,(H2-,26,27,30,31)/p+1/t19?,21-,25?,29?/m0/s1. The van der Waals surface area contributed by atoms with Gasteiger partial charge in [0.05, 0.1) is 19.4 Å². The zero-order chi connectivity index (χ0) is 24.2. The highest BCUT2D eigenvalue weighted by Crippen LogP contribution is 2.38. The number of quaternary nitrogens is 1. The lowest BCUT2D eigenvalue weighted by molar-refractivity contribution is -0.939. The summed E-state index contributed by atoms with van der Waals surface area (Å²) in [5, 5.41) is 19.0. The van der Waals surface area contributed by atoms with E-state index in [0.29, 0.717) is 16.9 Å². The Labute approximate surface area is 205 Å². The maximum Gasteiger partial charge on any atom is 0.331 e. The van der Waals surface area contributed by atoms with Gasteiger partial charge in [0.25, 0.3) is 5.91 Å². The number of aliphatic hydroxyl groups is 1. The molecule has 4 aliphatic rings. The summed E-state index contributed by atoms with van der Waals surface area (Å²) in [6, 6.07) is 9.91. The number of benzene rings is 1. The minimum atomic E-state index is -0.845. The van der Waals surface area contributed by atoms with Gasteiger partial charge in [0.2, 0.25) is 0 Å². The average molecular weight is 488 g/mol. The number of thioether (sulfide) groups is 1. The predicted molar refractivity (Wildman–Crippen MR) is 133 cm³/mol. The summed E-state index contributed by atoms with van der Waals surface area (Å²) in [6.45, 7) is 6.26. The summed E-state index contributed by atoms with van der Waals surface area (Å²) in [6.07, 6.45) is 3.49. The molecule has 4 saturated heterocycles. The molecule has 1 aromatic carbocycles. The Morgan fingerprint density at radius 3 is 2.59 bits per heavy atom. The number of carbonyl (C=O) groups is 2. The molecule has 0 radical (unpaired) electrons. The summed E-state index contributed by atoms with van der Waals surface area (Å²) >= 11 is 1.91. The molecule has 3 N–H and O–H groups in total. The number of aliphatic hydroxyl groups excluding tert-OH is 1. The smallest absolute Gasteiger partial charge is 0.331 e. The second-order valence-electron chi connectivity index (χ2n) is 9.73. The van der Waals surface area contributed by atoms with Crippen LogP contribution in [-0.2, 0) is 19.9 Å². The Kier molecular flexibility index (Phi) is 7.64. The molecule has 0 spiro atoms. The Morgan fingerprint density at radius 2 is 1.94 bits per heavy atom. The van der Waals surface area contributed by atoms with E-state index in [1.165, 1.54) is 0 Å². The van der Waals surface area contributed by atoms with E-state index in [0.717, 1.165) is 68.4 Å². The summed E-state index contributed by atoms with van der Waals surface area (Å²) in [4.78, 5) is 28.6. The van der Waals surface area contributed by atoms with Gasteiger partial charge in [0.1, 0.15) is 17.9 Å². The third-order valence-electron chi connectivity index (χ3n) is 7.67. The zero-order valence-electron chi connectivity index (χ0n) is 19.7. The van der Waals surface area contributed by atoms with Gasteiger partial charge in [-0.3, -0.25) is 15.1 Å². The number of piperidine rings is 3. The van der Waals surface area contributed by atoms with Crippen molar-refractivity contribution in [1.29, 1.82) is 5.41 Å². The van der Waals surface area contributed by atoms with Crippen LogP contribution in [-0.4, -0.2) is 89.1 Å². The number of amides is 1. The minimum Gasteiger partial charge on any atom is -0.515 e. The van der Waals surface area contributed by atoms with Crippen LogP contribution >= 0.6 is 11.8 Å². The molecule has 34 heavy (non-hydrogen) atoms. The fourth-order valence-corrected chi connectivity index (χ4v) is 6.55. The van der Waals surface area contributed by atoms with Crippen molar-refractivity contribution >= 4 is 29.5 Å². The van der Waals surface area contributed by atoms with E-state index in [1.54, 1.807) is 0 Å². The van der Waals surface area contributed by atoms with Gasteiger partial charge in [-0.1, -0.05) is 30.3 Å². The zero-order valence-corrected chi connectivity index (χ0v) is 20.6. The van der Waals surface area contributed by atoms with E-state index < -0.39 is 5.54 Å². The van der Waals surface area contributed by atoms with E-state index >= 15 is 0 Å². The second-order valence-corrected chi connectivity index (χ2v) is 11.0. The number of esters is 1. The topological polar surface area (TPSA) is 103 Å².